The van der Waals surface area contributed by atoms with E-state index in [0.717, 1.165) is 0 Å². The van der Waals surface area contributed by atoms with Gasteiger partial charge in [0.15, 0.2) is 0 Å². The van der Waals surface area contributed by atoms with Gasteiger partial charge < -0.3 is 16.4 Å². The Morgan fingerprint density at radius 1 is 1.50 bits per heavy atom. The van der Waals surface area contributed by atoms with Crippen molar-refractivity contribution in [3.63, 3.8) is 0 Å². The minimum absolute atomic E-state index is 0.0472. The molecule has 6 heteroatoms. The van der Waals surface area contributed by atoms with Crippen LogP contribution in [0.1, 0.15) is 6.92 Å². The number of nitrogens with zero attached hydrogens (tertiary/aromatic N) is 2. The zero-order valence-corrected chi connectivity index (χ0v) is 7.95. The number of nitrogen functional groups attached to an aromatic ring is 1. The van der Waals surface area contributed by atoms with Crippen LogP contribution in [0.5, 0.6) is 0 Å². The Morgan fingerprint density at radius 3 is 2.93 bits per heavy atom. The van der Waals surface area contributed by atoms with E-state index in [9.17, 15) is 4.79 Å². The highest BCUT2D eigenvalue weighted by atomic mass is 16.1. The molecule has 0 fully saturated rings. The highest BCUT2D eigenvalue weighted by Gasteiger charge is 1.94. The third-order valence-electron chi connectivity index (χ3n) is 1.49. The van der Waals surface area contributed by atoms with Crippen molar-refractivity contribution in [1.29, 1.82) is 0 Å². The van der Waals surface area contributed by atoms with Gasteiger partial charge in [0.2, 0.25) is 5.91 Å². The van der Waals surface area contributed by atoms with Crippen molar-refractivity contribution in [2.75, 3.05) is 24.1 Å². The van der Waals surface area contributed by atoms with Crippen molar-refractivity contribution >= 4 is 17.5 Å². The summed E-state index contributed by atoms with van der Waals surface area (Å²) in [6, 6.07) is 1.63. The second kappa shape index (κ2) is 5.00. The first-order chi connectivity index (χ1) is 6.68. The van der Waals surface area contributed by atoms with Crippen molar-refractivity contribution in [3.05, 3.63) is 12.4 Å². The van der Waals surface area contributed by atoms with Gasteiger partial charge in [-0.25, -0.2) is 9.97 Å². The SMILES string of the molecule is CC(=O)NCCNc1cc(N)ncn1. The molecule has 0 saturated heterocycles. The van der Waals surface area contributed by atoms with E-state index in [4.69, 9.17) is 5.73 Å². The summed E-state index contributed by atoms with van der Waals surface area (Å²) in [4.78, 5) is 18.2. The standard InChI is InChI=1S/C8H13N5O/c1-6(14)10-2-3-11-8-4-7(9)12-5-13-8/h4-5H,2-3H2,1H3,(H,10,14)(H3,9,11,12,13). The molecular formula is C8H13N5O. The lowest BCUT2D eigenvalue weighted by Gasteiger charge is -2.05. The number of anilines is 2. The van der Waals surface area contributed by atoms with Gasteiger partial charge in [0.25, 0.3) is 0 Å². The van der Waals surface area contributed by atoms with Crippen LogP contribution < -0.4 is 16.4 Å². The van der Waals surface area contributed by atoms with Gasteiger partial charge in [0, 0.05) is 26.1 Å². The van der Waals surface area contributed by atoms with Gasteiger partial charge in [0.1, 0.15) is 18.0 Å². The lowest BCUT2D eigenvalue weighted by molar-refractivity contribution is -0.118. The van der Waals surface area contributed by atoms with Crippen molar-refractivity contribution in [3.8, 4) is 0 Å². The molecule has 0 saturated carbocycles. The molecule has 0 bridgehead atoms. The number of carbonyl (C=O) groups is 1. The Labute approximate surface area is 81.9 Å². The van der Waals surface area contributed by atoms with E-state index >= 15 is 0 Å². The fraction of sp³-hybridized carbons (Fsp3) is 0.375. The molecule has 0 atom stereocenters. The van der Waals surface area contributed by atoms with E-state index in [1.807, 2.05) is 0 Å². The van der Waals surface area contributed by atoms with Crippen LogP contribution in [0.3, 0.4) is 0 Å². The Bertz CT molecular complexity index is 314. The van der Waals surface area contributed by atoms with E-state index in [2.05, 4.69) is 20.6 Å². The van der Waals surface area contributed by atoms with Crippen molar-refractivity contribution in [2.45, 2.75) is 6.92 Å². The summed E-state index contributed by atoms with van der Waals surface area (Å²) in [5, 5.41) is 5.65. The second-order valence-electron chi connectivity index (χ2n) is 2.74. The molecule has 4 N–H and O–H groups in total. The molecule has 76 valence electrons. The van der Waals surface area contributed by atoms with Gasteiger partial charge >= 0.3 is 0 Å². The molecule has 0 unspecified atom stereocenters. The Hall–Kier alpha value is -1.85. The summed E-state index contributed by atoms with van der Waals surface area (Å²) < 4.78 is 0. The minimum atomic E-state index is -0.0472. The first-order valence-electron chi connectivity index (χ1n) is 4.24. The number of nitrogens with two attached hydrogens (primary N) is 1. The summed E-state index contributed by atoms with van der Waals surface area (Å²) in [6.45, 7) is 2.64. The summed E-state index contributed by atoms with van der Waals surface area (Å²) >= 11 is 0. The molecule has 1 aromatic heterocycles. The van der Waals surface area contributed by atoms with Crippen LogP contribution in [0.25, 0.3) is 0 Å². The molecule has 1 heterocycles. The molecule has 1 aromatic rings. The maximum atomic E-state index is 10.5. The van der Waals surface area contributed by atoms with Gasteiger partial charge in [0.05, 0.1) is 0 Å². The first kappa shape index (κ1) is 10.2. The monoisotopic (exact) mass is 195 g/mol. The normalized spacial score (nSPS) is 9.50. The largest absolute Gasteiger partial charge is 0.384 e. The zero-order valence-electron chi connectivity index (χ0n) is 7.95. The number of carbonyl (C=O) groups excluding carboxylic acids is 1. The Kier molecular flexibility index (Phi) is 3.66. The summed E-state index contributed by atoms with van der Waals surface area (Å²) in [5.41, 5.74) is 5.45. The van der Waals surface area contributed by atoms with Gasteiger partial charge in [-0.05, 0) is 0 Å². The van der Waals surface area contributed by atoms with Crippen LogP contribution in [0.2, 0.25) is 0 Å². The van der Waals surface area contributed by atoms with Gasteiger partial charge in [-0.2, -0.15) is 0 Å². The predicted octanol–water partition coefficient (Wildman–Crippen LogP) is -0.393. The molecule has 1 rings (SSSR count). The van der Waals surface area contributed by atoms with Gasteiger partial charge in [-0.3, -0.25) is 4.79 Å². The van der Waals surface area contributed by atoms with Crippen LogP contribution in [-0.4, -0.2) is 29.0 Å². The number of hydrogen-bond acceptors (Lipinski definition) is 5. The molecular weight excluding hydrogens is 182 g/mol. The lowest BCUT2D eigenvalue weighted by Crippen LogP contribution is -2.26. The van der Waals surface area contributed by atoms with Crippen LogP contribution in [-0.2, 0) is 4.79 Å². The summed E-state index contributed by atoms with van der Waals surface area (Å²) in [5.74, 6) is 1.03. The molecule has 0 spiro atoms. The fourth-order valence-electron chi connectivity index (χ4n) is 0.898. The van der Waals surface area contributed by atoms with E-state index in [1.165, 1.54) is 13.3 Å². The van der Waals surface area contributed by atoms with E-state index in [1.54, 1.807) is 6.07 Å². The Morgan fingerprint density at radius 2 is 2.29 bits per heavy atom. The maximum absolute atomic E-state index is 10.5. The number of amides is 1. The third kappa shape index (κ3) is 3.70. The minimum Gasteiger partial charge on any atom is -0.384 e. The van der Waals surface area contributed by atoms with Crippen LogP contribution in [0.4, 0.5) is 11.6 Å². The number of nitrogens with one attached hydrogen (secondary N) is 2. The van der Waals surface area contributed by atoms with Crippen LogP contribution in [0, 0.1) is 0 Å². The maximum Gasteiger partial charge on any atom is 0.216 e. The highest BCUT2D eigenvalue weighted by Crippen LogP contribution is 2.03. The molecule has 0 aromatic carbocycles. The van der Waals surface area contributed by atoms with E-state index in [0.29, 0.717) is 24.7 Å². The highest BCUT2D eigenvalue weighted by molar-refractivity contribution is 5.72. The van der Waals surface area contributed by atoms with Crippen molar-refractivity contribution in [1.82, 2.24) is 15.3 Å². The quantitative estimate of drug-likeness (QED) is 0.569. The second-order valence-corrected chi connectivity index (χ2v) is 2.74. The van der Waals surface area contributed by atoms with E-state index in [-0.39, 0.29) is 5.91 Å². The smallest absolute Gasteiger partial charge is 0.216 e. The van der Waals surface area contributed by atoms with Crippen molar-refractivity contribution < 1.29 is 4.79 Å². The molecule has 0 aliphatic carbocycles. The van der Waals surface area contributed by atoms with Gasteiger partial charge in [-0.1, -0.05) is 0 Å². The molecule has 14 heavy (non-hydrogen) atoms. The average Bonchev–Trinajstić information content (AvgIpc) is 2.12. The molecule has 0 radical (unpaired) electrons. The first-order valence-corrected chi connectivity index (χ1v) is 4.24. The predicted molar refractivity (Wildman–Crippen MR) is 53.6 cm³/mol. The molecule has 0 aliphatic rings. The summed E-state index contributed by atoms with van der Waals surface area (Å²) in [7, 11) is 0. The Balaban J connectivity index is 2.28. The van der Waals surface area contributed by atoms with Crippen molar-refractivity contribution in [2.24, 2.45) is 0 Å². The average molecular weight is 195 g/mol. The molecule has 0 aliphatic heterocycles. The topological polar surface area (TPSA) is 92.9 Å². The van der Waals surface area contributed by atoms with Crippen LogP contribution in [0.15, 0.2) is 12.4 Å². The molecule has 6 nitrogen and oxygen atoms in total. The molecule has 1 amide bonds. The fourth-order valence-corrected chi connectivity index (χ4v) is 0.898. The summed E-state index contributed by atoms with van der Waals surface area (Å²) in [6.07, 6.45) is 1.38. The lowest BCUT2D eigenvalue weighted by atomic mass is 10.5. The third-order valence-corrected chi connectivity index (χ3v) is 1.49. The zero-order chi connectivity index (χ0) is 10.4. The van der Waals surface area contributed by atoms with E-state index < -0.39 is 0 Å². The number of rotatable bonds is 4. The number of aromatic nitrogens is 2. The number of hydrogen-bond donors (Lipinski definition) is 3. The van der Waals surface area contributed by atoms with Crippen LogP contribution >= 0.6 is 0 Å². The van der Waals surface area contributed by atoms with Gasteiger partial charge in [-0.15, -0.1) is 0 Å².